The zero-order chi connectivity index (χ0) is 14.9. The molecule has 0 bridgehead atoms. The van der Waals surface area contributed by atoms with Crippen LogP contribution in [-0.2, 0) is 19.0 Å². The molecule has 21 heavy (non-hydrogen) atoms. The maximum absolute atomic E-state index is 12.9. The Kier molecular flexibility index (Phi) is 3.65. The van der Waals surface area contributed by atoms with E-state index in [9.17, 15) is 13.2 Å². The monoisotopic (exact) mass is 296 g/mol. The number of hydrogen-bond acceptors (Lipinski definition) is 3. The zero-order valence-corrected chi connectivity index (χ0v) is 11.4. The zero-order valence-electron chi connectivity index (χ0n) is 11.4. The molecule has 0 aliphatic heterocycles. The van der Waals surface area contributed by atoms with Crippen LogP contribution in [0, 0.1) is 0 Å². The van der Waals surface area contributed by atoms with Crippen LogP contribution in [0.4, 0.5) is 13.2 Å². The van der Waals surface area contributed by atoms with E-state index in [1.807, 2.05) is 0 Å². The van der Waals surface area contributed by atoms with Crippen LogP contribution in [0.2, 0.25) is 0 Å². The Morgan fingerprint density at radius 2 is 1.76 bits per heavy atom. The average Bonchev–Trinajstić information content (AvgIpc) is 2.88. The van der Waals surface area contributed by atoms with E-state index in [0.717, 1.165) is 43.4 Å². The second kappa shape index (κ2) is 5.46. The minimum absolute atomic E-state index is 0.0418. The van der Waals surface area contributed by atoms with Gasteiger partial charge in [-0.15, -0.1) is 0 Å². The lowest BCUT2D eigenvalue weighted by Crippen LogP contribution is -2.09. The summed E-state index contributed by atoms with van der Waals surface area (Å²) >= 11 is 0. The van der Waals surface area contributed by atoms with Gasteiger partial charge in [-0.1, -0.05) is 12.8 Å². The lowest BCUT2D eigenvalue weighted by Gasteiger charge is -2.13. The van der Waals surface area contributed by atoms with E-state index in [1.165, 1.54) is 12.6 Å². The highest BCUT2D eigenvalue weighted by Gasteiger charge is 2.37. The van der Waals surface area contributed by atoms with Crippen LogP contribution in [0.5, 0.6) is 0 Å². The number of hydrogen-bond donors (Lipinski definition) is 1. The molecule has 3 rings (SSSR count). The third-order valence-electron chi connectivity index (χ3n) is 3.75. The Bertz CT molecular complexity index is 633. The van der Waals surface area contributed by atoms with E-state index in [-0.39, 0.29) is 11.3 Å². The molecule has 0 aromatic carbocycles. The molecular weight excluding hydrogens is 281 g/mol. The molecule has 7 heteroatoms. The second-order valence-electron chi connectivity index (χ2n) is 5.26. The maximum atomic E-state index is 12.9. The quantitative estimate of drug-likeness (QED) is 0.875. The van der Waals surface area contributed by atoms with E-state index in [0.29, 0.717) is 0 Å². The number of rotatable bonds is 1. The first-order valence-corrected chi connectivity index (χ1v) is 7.02. The SMILES string of the molecule is FC(F)(F)c1n[nH]cc1-c1cc2c(nn1)CCCCCC2. The highest BCUT2D eigenvalue weighted by molar-refractivity contribution is 5.62. The highest BCUT2D eigenvalue weighted by atomic mass is 19.4. The molecule has 2 heterocycles. The topological polar surface area (TPSA) is 54.5 Å². The van der Waals surface area contributed by atoms with E-state index >= 15 is 0 Å². The summed E-state index contributed by atoms with van der Waals surface area (Å²) in [6.07, 6.45) is 2.83. The fourth-order valence-electron chi connectivity index (χ4n) is 2.68. The average molecular weight is 296 g/mol. The van der Waals surface area contributed by atoms with E-state index in [4.69, 9.17) is 0 Å². The van der Waals surface area contributed by atoms with Crippen LogP contribution in [0.15, 0.2) is 12.3 Å². The molecule has 1 aliphatic rings. The molecule has 0 unspecified atom stereocenters. The number of fused-ring (bicyclic) bond motifs is 1. The summed E-state index contributed by atoms with van der Waals surface area (Å²) in [5, 5.41) is 13.7. The summed E-state index contributed by atoms with van der Waals surface area (Å²) < 4.78 is 38.7. The van der Waals surface area contributed by atoms with Gasteiger partial charge >= 0.3 is 6.18 Å². The van der Waals surface area contributed by atoms with Gasteiger partial charge in [-0.3, -0.25) is 5.10 Å². The molecule has 0 saturated carbocycles. The number of halogens is 3. The molecule has 0 atom stereocenters. The van der Waals surface area contributed by atoms with Crippen LogP contribution in [-0.4, -0.2) is 20.4 Å². The third-order valence-corrected chi connectivity index (χ3v) is 3.75. The Hall–Kier alpha value is -1.92. The smallest absolute Gasteiger partial charge is 0.284 e. The first-order chi connectivity index (χ1) is 10.1. The molecule has 1 N–H and O–H groups in total. The van der Waals surface area contributed by atoms with Crippen molar-refractivity contribution < 1.29 is 13.2 Å². The number of H-pyrrole nitrogens is 1. The molecule has 2 aromatic rings. The van der Waals surface area contributed by atoms with E-state index in [2.05, 4.69) is 20.4 Å². The van der Waals surface area contributed by atoms with Crippen molar-refractivity contribution in [2.45, 2.75) is 44.7 Å². The van der Waals surface area contributed by atoms with Gasteiger partial charge in [-0.05, 0) is 37.3 Å². The normalized spacial score (nSPS) is 16.1. The first kappa shape index (κ1) is 14.0. The Morgan fingerprint density at radius 3 is 2.52 bits per heavy atom. The molecule has 4 nitrogen and oxygen atoms in total. The number of aromatic nitrogens is 4. The van der Waals surface area contributed by atoms with Gasteiger partial charge in [0.15, 0.2) is 5.69 Å². The lowest BCUT2D eigenvalue weighted by atomic mass is 9.96. The van der Waals surface area contributed by atoms with Crippen molar-refractivity contribution in [2.75, 3.05) is 0 Å². The maximum Gasteiger partial charge on any atom is 0.435 e. The van der Waals surface area contributed by atoms with Gasteiger partial charge in [0.05, 0.1) is 17.0 Å². The van der Waals surface area contributed by atoms with Crippen molar-refractivity contribution >= 4 is 0 Å². The van der Waals surface area contributed by atoms with Crippen molar-refractivity contribution in [3.63, 3.8) is 0 Å². The van der Waals surface area contributed by atoms with Crippen LogP contribution in [0.3, 0.4) is 0 Å². The van der Waals surface area contributed by atoms with Gasteiger partial charge in [-0.25, -0.2) is 0 Å². The number of aryl methyl sites for hydroxylation is 2. The molecule has 1 aliphatic carbocycles. The van der Waals surface area contributed by atoms with Gasteiger partial charge in [0, 0.05) is 6.20 Å². The largest absolute Gasteiger partial charge is 0.435 e. The van der Waals surface area contributed by atoms with Crippen molar-refractivity contribution in [3.05, 3.63) is 29.2 Å². The first-order valence-electron chi connectivity index (χ1n) is 7.02. The van der Waals surface area contributed by atoms with Gasteiger partial charge in [0.2, 0.25) is 0 Å². The molecular formula is C14H15F3N4. The lowest BCUT2D eigenvalue weighted by molar-refractivity contribution is -0.140. The molecule has 0 saturated heterocycles. The molecule has 0 amide bonds. The standard InChI is InChI=1S/C14H15F3N4/c15-14(16,17)13-10(8-18-21-13)12-7-9-5-3-1-2-4-6-11(9)19-20-12/h7-8H,1-6H2,(H,18,21). The Balaban J connectivity index is 2.00. The summed E-state index contributed by atoms with van der Waals surface area (Å²) in [5.74, 6) is 0. The van der Waals surface area contributed by atoms with E-state index in [1.54, 1.807) is 6.07 Å². The van der Waals surface area contributed by atoms with Crippen LogP contribution in [0.25, 0.3) is 11.3 Å². The summed E-state index contributed by atoms with van der Waals surface area (Å²) in [4.78, 5) is 0. The number of nitrogens with one attached hydrogen (secondary N) is 1. The fourth-order valence-corrected chi connectivity index (χ4v) is 2.68. The summed E-state index contributed by atoms with van der Waals surface area (Å²) in [6, 6.07) is 1.73. The minimum atomic E-state index is -4.50. The molecule has 112 valence electrons. The third kappa shape index (κ3) is 2.91. The summed E-state index contributed by atoms with van der Waals surface area (Å²) in [7, 11) is 0. The van der Waals surface area contributed by atoms with Crippen molar-refractivity contribution in [1.82, 2.24) is 20.4 Å². The summed E-state index contributed by atoms with van der Waals surface area (Å²) in [5.41, 5.74) is 1.17. The van der Waals surface area contributed by atoms with Gasteiger partial charge in [-0.2, -0.15) is 28.5 Å². The highest BCUT2D eigenvalue weighted by Crippen LogP contribution is 2.35. The van der Waals surface area contributed by atoms with Gasteiger partial charge in [0.1, 0.15) is 0 Å². The molecule has 0 fully saturated rings. The van der Waals surface area contributed by atoms with Crippen molar-refractivity contribution in [2.24, 2.45) is 0 Å². The Labute approximate surface area is 119 Å². The van der Waals surface area contributed by atoms with Gasteiger partial charge < -0.3 is 0 Å². The van der Waals surface area contributed by atoms with Gasteiger partial charge in [0.25, 0.3) is 0 Å². The predicted octanol–water partition coefficient (Wildman–Crippen LogP) is 3.54. The molecule has 0 radical (unpaired) electrons. The molecule has 2 aromatic heterocycles. The minimum Gasteiger partial charge on any atom is -0.284 e. The number of alkyl halides is 3. The number of nitrogens with zero attached hydrogens (tertiary/aromatic N) is 3. The Morgan fingerprint density at radius 1 is 1.00 bits per heavy atom. The second-order valence-corrected chi connectivity index (χ2v) is 5.26. The van der Waals surface area contributed by atoms with E-state index < -0.39 is 11.9 Å². The predicted molar refractivity (Wildman–Crippen MR) is 70.5 cm³/mol. The summed E-state index contributed by atoms with van der Waals surface area (Å²) in [6.45, 7) is 0. The van der Waals surface area contributed by atoms with Crippen molar-refractivity contribution in [1.29, 1.82) is 0 Å². The number of aromatic amines is 1. The van der Waals surface area contributed by atoms with Crippen molar-refractivity contribution in [3.8, 4) is 11.3 Å². The molecule has 0 spiro atoms. The fraction of sp³-hybridized carbons (Fsp3) is 0.500. The van der Waals surface area contributed by atoms with Crippen LogP contribution in [0.1, 0.15) is 42.6 Å². The van der Waals surface area contributed by atoms with Crippen LogP contribution >= 0.6 is 0 Å². The van der Waals surface area contributed by atoms with Crippen LogP contribution < -0.4 is 0 Å².